The highest BCUT2D eigenvalue weighted by Crippen LogP contribution is 2.53. The summed E-state index contributed by atoms with van der Waals surface area (Å²) in [6.45, 7) is 2.73. The first kappa shape index (κ1) is 66.3. The molecule has 0 unspecified atom stereocenters. The van der Waals surface area contributed by atoms with Gasteiger partial charge in [0.2, 0.25) is 23.5 Å². The number of hydrogen-bond donors (Lipinski definition) is 9. The minimum absolute atomic E-state index is 0.0628. The van der Waals surface area contributed by atoms with Gasteiger partial charge in [0.25, 0.3) is 17.7 Å². The fraction of sp³-hybridized carbons (Fsp3) is 0.524. The molecule has 494 valence electrons. The van der Waals surface area contributed by atoms with Crippen molar-refractivity contribution >= 4 is 64.8 Å². The molecule has 0 spiro atoms. The van der Waals surface area contributed by atoms with Crippen molar-refractivity contribution in [1.82, 2.24) is 36.0 Å². The monoisotopic (exact) mass is 1280 g/mol. The van der Waals surface area contributed by atoms with Crippen LogP contribution in [0.4, 0.5) is 15.3 Å². The second kappa shape index (κ2) is 28.1. The molecule has 9 amide bonds. The van der Waals surface area contributed by atoms with Crippen LogP contribution < -0.4 is 37.1 Å². The number of carbonyl (C=O) groups excluding carboxylic acids is 10. The number of methoxy groups -OCH3 is 2. The van der Waals surface area contributed by atoms with E-state index in [2.05, 4.69) is 31.5 Å². The third-order valence-electron chi connectivity index (χ3n) is 18.1. The van der Waals surface area contributed by atoms with Crippen LogP contribution >= 0.6 is 0 Å². The zero-order valence-electron chi connectivity index (χ0n) is 51.5. The van der Waals surface area contributed by atoms with Crippen molar-refractivity contribution in [2.45, 2.75) is 139 Å². The van der Waals surface area contributed by atoms with Gasteiger partial charge in [-0.15, -0.1) is 0 Å². The molecule has 3 aromatic carbocycles. The molecule has 3 aliphatic carbocycles. The molecule has 0 bridgehead atoms. The number of nitrogens with one attached hydrogen (secondary N) is 5. The van der Waals surface area contributed by atoms with Crippen LogP contribution in [-0.2, 0) is 70.2 Å². The summed E-state index contributed by atoms with van der Waals surface area (Å²) >= 11 is 0. The second-order valence-corrected chi connectivity index (χ2v) is 24.0. The van der Waals surface area contributed by atoms with Crippen molar-refractivity contribution in [2.75, 3.05) is 72.5 Å². The number of nitrogens with two attached hydrogens (primary N) is 1. The predicted octanol–water partition coefficient (Wildman–Crippen LogP) is 1.79. The molecule has 9 atom stereocenters. The Morgan fingerprint density at radius 2 is 1.55 bits per heavy atom. The fourth-order valence-corrected chi connectivity index (χ4v) is 13.0. The Bertz CT molecular complexity index is 3410. The smallest absolute Gasteiger partial charge is 0.409 e. The van der Waals surface area contributed by atoms with Gasteiger partial charge in [-0.05, 0) is 75.6 Å². The van der Waals surface area contributed by atoms with Gasteiger partial charge >= 0.3 is 12.1 Å². The number of phenols is 2. The van der Waals surface area contributed by atoms with E-state index in [-0.39, 0.29) is 117 Å². The SMILES string of the molecule is COc1cccc2c1C(=O)c1c(O)c3c(c(O)c1C2=O)C[C@@](O)(C(=O)NCCN(C)C(=O)OCc1ccc(NC(=O)[C@H](CCCNC(N)=O)NC(=O)C2(C(=O)NCCCCCN4C(=O)C=CC4=O)CCC2)cc1)C[C@@H]3O[C@H]1C[C@H]2[C@H](O[C@@H]3[C@@H](OC)OCCN32)[C@H](C)O1. The summed E-state index contributed by atoms with van der Waals surface area (Å²) < 4.78 is 41.7. The number of hydrogen-bond acceptors (Lipinski definition) is 21. The number of aromatic hydroxyl groups is 2. The van der Waals surface area contributed by atoms with Crippen LogP contribution in [0.25, 0.3) is 0 Å². The Morgan fingerprint density at radius 3 is 2.25 bits per heavy atom. The summed E-state index contributed by atoms with van der Waals surface area (Å²) in [5.74, 6) is -6.36. The number of morpholine rings is 1. The Hall–Kier alpha value is -8.58. The van der Waals surface area contributed by atoms with Gasteiger partial charge in [0.15, 0.2) is 24.6 Å². The van der Waals surface area contributed by atoms with Gasteiger partial charge in [-0.25, -0.2) is 9.59 Å². The zero-order valence-corrected chi connectivity index (χ0v) is 51.5. The number of imide groups is 1. The van der Waals surface area contributed by atoms with Gasteiger partial charge < -0.3 is 85.7 Å². The average molecular weight is 1280 g/mol. The molecular weight excluding hydrogens is 1200 g/mol. The number of urea groups is 1. The number of amides is 9. The first-order valence-corrected chi connectivity index (χ1v) is 30.8. The molecule has 10 rings (SSSR count). The normalized spacial score (nSPS) is 24.6. The van der Waals surface area contributed by atoms with E-state index in [1.807, 2.05) is 0 Å². The lowest BCUT2D eigenvalue weighted by Crippen LogP contribution is -2.58. The van der Waals surface area contributed by atoms with E-state index in [0.717, 1.165) is 4.90 Å². The van der Waals surface area contributed by atoms with E-state index in [4.69, 9.17) is 38.9 Å². The van der Waals surface area contributed by atoms with E-state index in [1.165, 1.54) is 56.5 Å². The lowest BCUT2D eigenvalue weighted by molar-refractivity contribution is -0.256. The van der Waals surface area contributed by atoms with Crippen molar-refractivity contribution in [2.24, 2.45) is 11.1 Å². The molecule has 4 aliphatic heterocycles. The van der Waals surface area contributed by atoms with Crippen LogP contribution in [0.2, 0.25) is 0 Å². The highest BCUT2D eigenvalue weighted by Gasteiger charge is 2.56. The van der Waals surface area contributed by atoms with Crippen molar-refractivity contribution in [3.63, 3.8) is 0 Å². The summed E-state index contributed by atoms with van der Waals surface area (Å²) in [4.78, 5) is 137. The Morgan fingerprint density at radius 1 is 0.837 bits per heavy atom. The third-order valence-corrected chi connectivity index (χ3v) is 18.1. The van der Waals surface area contributed by atoms with Crippen LogP contribution in [-0.4, -0.2) is 205 Å². The maximum absolute atomic E-state index is 14.3. The molecule has 4 fully saturated rings. The van der Waals surface area contributed by atoms with E-state index in [1.54, 1.807) is 31.2 Å². The molecule has 4 heterocycles. The number of phenolic OH excluding ortho intramolecular Hbond substituents is 2. The first-order valence-electron chi connectivity index (χ1n) is 30.8. The molecule has 29 heteroatoms. The number of likely N-dealkylation sites (N-methyl/N-ethyl adjacent to an activating group) is 1. The van der Waals surface area contributed by atoms with Gasteiger partial charge in [-0.3, -0.25) is 48.2 Å². The Labute approximate surface area is 528 Å². The van der Waals surface area contributed by atoms with Gasteiger partial charge in [0, 0.05) is 113 Å². The van der Waals surface area contributed by atoms with Gasteiger partial charge in [0.1, 0.15) is 47.0 Å². The molecule has 7 aliphatic rings. The highest BCUT2D eigenvalue weighted by atomic mass is 16.7. The molecule has 1 saturated carbocycles. The number of anilines is 1. The number of ether oxygens (including phenoxy) is 7. The number of fused-ring (bicyclic) bond motifs is 6. The van der Waals surface area contributed by atoms with Crippen LogP contribution in [0, 0.1) is 5.41 Å². The molecule has 92 heavy (non-hydrogen) atoms. The number of nitrogens with zero attached hydrogens (tertiary/aromatic N) is 3. The first-order chi connectivity index (χ1) is 44.1. The minimum atomic E-state index is -2.39. The quantitative estimate of drug-likeness (QED) is 0.0198. The van der Waals surface area contributed by atoms with E-state index < -0.39 is 137 Å². The summed E-state index contributed by atoms with van der Waals surface area (Å²) in [5, 5.41) is 50.2. The van der Waals surface area contributed by atoms with E-state index >= 15 is 0 Å². The maximum atomic E-state index is 14.3. The van der Waals surface area contributed by atoms with Crippen molar-refractivity contribution < 1.29 is 96.4 Å². The number of rotatable bonds is 25. The van der Waals surface area contributed by atoms with E-state index in [9.17, 15) is 63.3 Å². The molecule has 10 N–H and O–H groups in total. The van der Waals surface area contributed by atoms with Crippen molar-refractivity contribution in [3.05, 3.63) is 93.6 Å². The fourth-order valence-electron chi connectivity index (χ4n) is 13.0. The molecule has 3 saturated heterocycles. The molecule has 0 aromatic heterocycles. The summed E-state index contributed by atoms with van der Waals surface area (Å²) in [6, 6.07) is 8.50. The van der Waals surface area contributed by atoms with Crippen molar-refractivity contribution in [1.29, 1.82) is 0 Å². The molecule has 0 radical (unpaired) electrons. The lowest BCUT2D eigenvalue weighted by Gasteiger charge is -2.43. The summed E-state index contributed by atoms with van der Waals surface area (Å²) in [5.41, 5.74) is 0.709. The average Bonchev–Trinajstić information content (AvgIpc) is 0.860. The van der Waals surface area contributed by atoms with Crippen LogP contribution in [0.1, 0.15) is 126 Å². The van der Waals surface area contributed by atoms with Gasteiger partial charge in [-0.1, -0.05) is 30.7 Å². The number of ketones is 2. The molecule has 29 nitrogen and oxygen atoms in total. The lowest BCUT2D eigenvalue weighted by atomic mass is 9.67. The van der Waals surface area contributed by atoms with Crippen LogP contribution in [0.3, 0.4) is 0 Å². The third kappa shape index (κ3) is 13.5. The summed E-state index contributed by atoms with van der Waals surface area (Å²) in [7, 11) is 4.26. The number of primary amides is 1. The number of carbonyl (C=O) groups is 10. The zero-order chi connectivity index (χ0) is 65.8. The largest absolute Gasteiger partial charge is 0.507 e. The van der Waals surface area contributed by atoms with Gasteiger partial charge in [0.05, 0.1) is 42.6 Å². The second-order valence-electron chi connectivity index (χ2n) is 24.0. The predicted molar refractivity (Wildman–Crippen MR) is 320 cm³/mol. The number of aliphatic hydroxyl groups is 1. The Kier molecular flexibility index (Phi) is 20.3. The topological polar surface area (TPSA) is 392 Å². The van der Waals surface area contributed by atoms with Crippen LogP contribution in [0.5, 0.6) is 17.2 Å². The summed E-state index contributed by atoms with van der Waals surface area (Å²) in [6.07, 6.45) is -0.854. The molecular formula is C63H77N9O20. The Balaban J connectivity index is 0.744. The maximum Gasteiger partial charge on any atom is 0.409 e. The highest BCUT2D eigenvalue weighted by molar-refractivity contribution is 6.31. The van der Waals surface area contributed by atoms with Gasteiger partial charge in [-0.2, -0.15) is 0 Å². The van der Waals surface area contributed by atoms with E-state index in [0.29, 0.717) is 50.1 Å². The number of benzene rings is 3. The van der Waals surface area contributed by atoms with Crippen LogP contribution in [0.15, 0.2) is 54.6 Å². The molecule has 3 aromatic rings. The van der Waals surface area contributed by atoms with Crippen molar-refractivity contribution in [3.8, 4) is 17.2 Å². The standard InChI is InChI=1S/C63H77N9O20/c1-33-53-39(71-27-28-88-56(87-4)55(71)92-53)29-44(90-33)91-41-31-63(85,30-37-46(41)52(78)48-47(50(37)76)49(75)36-11-8-13-40(86-3)45(36)51(48)77)59(82)66-24-26-70(2)61(84)89-32-34-14-16-35(17-15-34)68-54(79)38(12-9-23-67-60(64)83)69-58(81)62(20-10-21-62)57(80)65-22-6-5-7-25-72-42(73)18-19-43(72)74/h8,11,13-19,33,38-39,41,44,53,55-56,76,78,85H,5-7,9-10,12,20-32H2,1-4H3,(H,65,80)(H,66,82)(H,68,79)(H,69,81)(H3,64,67,83)/t33-,38-,39-,41-,44-,53+,55+,56-,63-/m0/s1. The minimum Gasteiger partial charge on any atom is -0.507 e. The number of unbranched alkanes of at least 4 members (excludes halogenated alkanes) is 2.